The van der Waals surface area contributed by atoms with Crippen molar-refractivity contribution in [2.24, 2.45) is 7.05 Å². The molecule has 0 spiro atoms. The van der Waals surface area contributed by atoms with Crippen molar-refractivity contribution >= 4 is 22.3 Å². The van der Waals surface area contributed by atoms with E-state index in [1.165, 1.54) is 18.2 Å². The maximum Gasteiger partial charge on any atom is 0.416 e. The molecule has 0 aliphatic carbocycles. The number of pyridine rings is 1. The zero-order valence-corrected chi connectivity index (χ0v) is 15.5. The summed E-state index contributed by atoms with van der Waals surface area (Å²) < 4.78 is 40.2. The number of benzene rings is 3. The van der Waals surface area contributed by atoms with Crippen LogP contribution in [0.3, 0.4) is 0 Å². The maximum atomic E-state index is 12.8. The molecule has 0 radical (unpaired) electrons. The Balaban J connectivity index is 1.73. The van der Waals surface area contributed by atoms with Gasteiger partial charge in [-0.25, -0.2) is 0 Å². The normalized spacial score (nSPS) is 11.6. The van der Waals surface area contributed by atoms with Crippen LogP contribution in [0.2, 0.25) is 0 Å². The summed E-state index contributed by atoms with van der Waals surface area (Å²) >= 11 is 0. The van der Waals surface area contributed by atoms with E-state index in [1.54, 1.807) is 12.3 Å². The largest absolute Gasteiger partial charge is 0.416 e. The molecule has 0 aliphatic rings. The van der Waals surface area contributed by atoms with Gasteiger partial charge in [0.2, 0.25) is 0 Å². The van der Waals surface area contributed by atoms with Gasteiger partial charge in [-0.15, -0.1) is 0 Å². The summed E-state index contributed by atoms with van der Waals surface area (Å²) in [5.41, 5.74) is 3.16. The number of anilines is 2. The second-order valence-electron chi connectivity index (χ2n) is 6.77. The molecule has 0 saturated carbocycles. The molecule has 1 N–H and O–H groups in total. The van der Waals surface area contributed by atoms with Crippen molar-refractivity contribution in [3.63, 3.8) is 0 Å². The van der Waals surface area contributed by atoms with Gasteiger partial charge >= 0.3 is 6.18 Å². The molecule has 146 valence electrons. The van der Waals surface area contributed by atoms with Gasteiger partial charge in [-0.3, -0.25) is 4.79 Å². The lowest BCUT2D eigenvalue weighted by atomic mass is 10.0. The third kappa shape index (κ3) is 3.74. The topological polar surface area (TPSA) is 34.0 Å². The fourth-order valence-corrected chi connectivity index (χ4v) is 3.29. The minimum atomic E-state index is -4.36. The average Bonchev–Trinajstić information content (AvgIpc) is 2.71. The quantitative estimate of drug-likeness (QED) is 0.465. The molecule has 0 bridgehead atoms. The van der Waals surface area contributed by atoms with Gasteiger partial charge in [-0.1, -0.05) is 24.3 Å². The zero-order chi connectivity index (χ0) is 20.6. The molecule has 4 aromatic rings. The molecule has 0 fully saturated rings. The van der Waals surface area contributed by atoms with Crippen LogP contribution in [0, 0.1) is 0 Å². The number of halogens is 3. The minimum Gasteiger partial charge on any atom is -0.355 e. The molecule has 4 rings (SSSR count). The molecule has 3 aromatic carbocycles. The van der Waals surface area contributed by atoms with Crippen LogP contribution >= 0.6 is 0 Å². The molecular weight excluding hydrogens is 377 g/mol. The summed E-state index contributed by atoms with van der Waals surface area (Å²) in [7, 11) is 1.87. The number of nitrogens with one attached hydrogen (secondary N) is 1. The summed E-state index contributed by atoms with van der Waals surface area (Å²) in [4.78, 5) is 12.1. The summed E-state index contributed by atoms with van der Waals surface area (Å²) in [5.74, 6) is 0. The average molecular weight is 394 g/mol. The second-order valence-corrected chi connectivity index (χ2v) is 6.77. The Kier molecular flexibility index (Phi) is 4.62. The standard InChI is InChI=1S/C23H17F3N2O/c1-28-13-12-22(29)19-11-6-15(14-21(19)28)18-4-2-3-5-20(18)27-17-9-7-16(8-10-17)23(24,25)26/h2-14,27H,1H3. The molecule has 0 aliphatic heterocycles. The fraction of sp³-hybridized carbons (Fsp3) is 0.0870. The van der Waals surface area contributed by atoms with Gasteiger partial charge in [-0.2, -0.15) is 13.2 Å². The van der Waals surface area contributed by atoms with Gasteiger partial charge < -0.3 is 9.88 Å². The number of hydrogen-bond acceptors (Lipinski definition) is 2. The monoisotopic (exact) mass is 394 g/mol. The lowest BCUT2D eigenvalue weighted by Gasteiger charge is -2.14. The van der Waals surface area contributed by atoms with Crippen LogP contribution < -0.4 is 10.7 Å². The van der Waals surface area contributed by atoms with E-state index >= 15 is 0 Å². The van der Waals surface area contributed by atoms with E-state index in [1.807, 2.05) is 48.0 Å². The Hall–Kier alpha value is -3.54. The van der Waals surface area contributed by atoms with Gasteiger partial charge in [0.15, 0.2) is 5.43 Å². The van der Waals surface area contributed by atoms with Gasteiger partial charge in [0.1, 0.15) is 0 Å². The van der Waals surface area contributed by atoms with Crippen LogP contribution in [0.5, 0.6) is 0 Å². The van der Waals surface area contributed by atoms with E-state index in [0.29, 0.717) is 11.1 Å². The number of aromatic nitrogens is 1. The zero-order valence-electron chi connectivity index (χ0n) is 15.5. The first-order valence-corrected chi connectivity index (χ1v) is 8.96. The van der Waals surface area contributed by atoms with Crippen molar-refractivity contribution in [1.82, 2.24) is 4.57 Å². The van der Waals surface area contributed by atoms with Crippen LogP contribution in [0.25, 0.3) is 22.0 Å². The first kappa shape index (κ1) is 18.8. The second kappa shape index (κ2) is 7.13. The number of nitrogens with zero attached hydrogens (tertiary/aromatic N) is 1. The number of rotatable bonds is 3. The molecule has 0 unspecified atom stereocenters. The van der Waals surface area contributed by atoms with E-state index in [2.05, 4.69) is 5.32 Å². The van der Waals surface area contributed by atoms with Gasteiger partial charge in [0.25, 0.3) is 0 Å². The van der Waals surface area contributed by atoms with Crippen molar-refractivity contribution < 1.29 is 13.2 Å². The molecule has 0 amide bonds. The van der Waals surface area contributed by atoms with Crippen molar-refractivity contribution in [3.05, 3.63) is 94.8 Å². The Morgan fingerprint density at radius 3 is 2.34 bits per heavy atom. The first-order chi connectivity index (χ1) is 13.8. The number of aryl methyl sites for hydroxylation is 1. The van der Waals surface area contributed by atoms with Crippen LogP contribution in [0.15, 0.2) is 83.8 Å². The molecule has 1 heterocycles. The molecule has 29 heavy (non-hydrogen) atoms. The lowest BCUT2D eigenvalue weighted by Crippen LogP contribution is -2.05. The summed E-state index contributed by atoms with van der Waals surface area (Å²) in [6.45, 7) is 0. The van der Waals surface area contributed by atoms with Crippen LogP contribution in [-0.4, -0.2) is 4.57 Å². The predicted octanol–water partition coefficient (Wildman–Crippen LogP) is 5.97. The van der Waals surface area contributed by atoms with Crippen LogP contribution in [-0.2, 0) is 13.2 Å². The Morgan fingerprint density at radius 1 is 0.897 bits per heavy atom. The highest BCUT2D eigenvalue weighted by atomic mass is 19.4. The third-order valence-electron chi connectivity index (χ3n) is 4.82. The van der Waals surface area contributed by atoms with Crippen LogP contribution in [0.4, 0.5) is 24.5 Å². The van der Waals surface area contributed by atoms with E-state index in [-0.39, 0.29) is 5.43 Å². The number of hydrogen-bond donors (Lipinski definition) is 1. The smallest absolute Gasteiger partial charge is 0.355 e. The van der Waals surface area contributed by atoms with Crippen molar-refractivity contribution in [1.29, 1.82) is 0 Å². The van der Waals surface area contributed by atoms with E-state index < -0.39 is 11.7 Å². The van der Waals surface area contributed by atoms with Gasteiger partial charge in [0.05, 0.1) is 11.1 Å². The van der Waals surface area contributed by atoms with Crippen molar-refractivity contribution in [2.75, 3.05) is 5.32 Å². The third-order valence-corrected chi connectivity index (χ3v) is 4.82. The van der Waals surface area contributed by atoms with E-state index in [0.717, 1.165) is 34.5 Å². The molecule has 6 heteroatoms. The number of alkyl halides is 3. The highest BCUT2D eigenvalue weighted by Gasteiger charge is 2.29. The lowest BCUT2D eigenvalue weighted by molar-refractivity contribution is -0.137. The summed E-state index contributed by atoms with van der Waals surface area (Å²) in [5, 5.41) is 3.82. The highest BCUT2D eigenvalue weighted by molar-refractivity contribution is 5.88. The predicted molar refractivity (Wildman–Crippen MR) is 109 cm³/mol. The highest BCUT2D eigenvalue weighted by Crippen LogP contribution is 2.33. The molecule has 0 atom stereocenters. The van der Waals surface area contributed by atoms with Crippen LogP contribution in [0.1, 0.15) is 5.56 Å². The first-order valence-electron chi connectivity index (χ1n) is 8.96. The number of fused-ring (bicyclic) bond motifs is 1. The Morgan fingerprint density at radius 2 is 1.62 bits per heavy atom. The Bertz CT molecular complexity index is 1240. The van der Waals surface area contributed by atoms with Gasteiger partial charge in [-0.05, 0) is 48.0 Å². The SMILES string of the molecule is Cn1ccc(=O)c2ccc(-c3ccccc3Nc3ccc(C(F)(F)F)cc3)cc21. The van der Waals surface area contributed by atoms with E-state index in [9.17, 15) is 18.0 Å². The Labute approximate surface area is 165 Å². The summed E-state index contributed by atoms with van der Waals surface area (Å²) in [6, 6.07) is 19.6. The maximum absolute atomic E-state index is 12.8. The molecular formula is C23H17F3N2O. The van der Waals surface area contributed by atoms with Crippen molar-refractivity contribution in [2.45, 2.75) is 6.18 Å². The molecule has 0 saturated heterocycles. The molecule has 3 nitrogen and oxygen atoms in total. The van der Waals surface area contributed by atoms with Gasteiger partial charge in [0, 0.05) is 41.6 Å². The minimum absolute atomic E-state index is 0.0409. The summed E-state index contributed by atoms with van der Waals surface area (Å²) in [6.07, 6.45) is -2.64. The van der Waals surface area contributed by atoms with Crippen molar-refractivity contribution in [3.8, 4) is 11.1 Å². The van der Waals surface area contributed by atoms with E-state index in [4.69, 9.17) is 0 Å². The molecule has 1 aromatic heterocycles. The fourth-order valence-electron chi connectivity index (χ4n) is 3.29. The number of para-hydroxylation sites is 1.